The summed E-state index contributed by atoms with van der Waals surface area (Å²) in [5.41, 5.74) is 3.76. The summed E-state index contributed by atoms with van der Waals surface area (Å²) in [6, 6.07) is 0. The van der Waals surface area contributed by atoms with E-state index in [-0.39, 0.29) is 0 Å². The molecule has 0 aromatic rings. The van der Waals surface area contributed by atoms with Crippen LogP contribution in [0.3, 0.4) is 0 Å². The molecule has 0 rings (SSSR count). The maximum Gasteiger partial charge on any atom is 0.0730 e. The smallest absolute Gasteiger partial charge is 0.0730 e. The van der Waals surface area contributed by atoms with Crippen molar-refractivity contribution in [3.05, 3.63) is 11.3 Å². The van der Waals surface area contributed by atoms with Crippen molar-refractivity contribution >= 4 is 9.52 Å². The second-order valence-corrected chi connectivity index (χ2v) is 3.25. The average Bonchev–Trinajstić information content (AvgIpc) is 1.66. The molecule has 0 amide bonds. The predicted molar refractivity (Wildman–Crippen MR) is 40.5 cm³/mol. The molecule has 1 N–H and O–H groups in total. The molecule has 0 aliphatic carbocycles. The van der Waals surface area contributed by atoms with Crippen molar-refractivity contribution in [2.24, 2.45) is 0 Å². The van der Waals surface area contributed by atoms with Crippen molar-refractivity contribution in [2.75, 3.05) is 13.2 Å². The molecule has 47 valence electrons. The van der Waals surface area contributed by atoms with E-state index < -0.39 is 0 Å². The summed E-state index contributed by atoms with van der Waals surface area (Å²) in [4.78, 5) is 0. The van der Waals surface area contributed by atoms with E-state index in [4.69, 9.17) is 0 Å². The van der Waals surface area contributed by atoms with Crippen molar-refractivity contribution in [2.45, 2.75) is 13.8 Å². The number of rotatable bonds is 3. The van der Waals surface area contributed by atoms with Crippen molar-refractivity contribution in [1.29, 1.82) is 0 Å². The zero-order chi connectivity index (χ0) is 6.41. The lowest BCUT2D eigenvalue weighted by atomic mass is 10.4. The number of hydrogen-bond acceptors (Lipinski definition) is 1. The van der Waals surface area contributed by atoms with Gasteiger partial charge in [0.05, 0.1) is 9.52 Å². The molecule has 0 spiro atoms. The number of allylic oxidation sites excluding steroid dienone is 1. The Morgan fingerprint density at radius 3 is 2.62 bits per heavy atom. The van der Waals surface area contributed by atoms with E-state index in [1.54, 1.807) is 0 Å². The van der Waals surface area contributed by atoms with E-state index in [1.807, 2.05) is 7.05 Å². The first-order valence-corrected chi connectivity index (χ1v) is 4.37. The van der Waals surface area contributed by atoms with Crippen molar-refractivity contribution in [3.8, 4) is 0 Å². The molecular formula is C6H14NSi. The molecule has 8 heavy (non-hydrogen) atoms. The highest BCUT2D eigenvalue weighted by Gasteiger charge is 1.78. The van der Waals surface area contributed by atoms with Crippen LogP contribution in [0.1, 0.15) is 13.8 Å². The molecule has 0 aromatic carbocycles. The first-order valence-electron chi connectivity index (χ1n) is 2.88. The third-order valence-corrected chi connectivity index (χ3v) is 2.32. The molecule has 0 saturated carbocycles. The van der Waals surface area contributed by atoms with Crippen LogP contribution in [-0.2, 0) is 0 Å². The van der Waals surface area contributed by atoms with Crippen LogP contribution >= 0.6 is 0 Å². The Bertz CT molecular complexity index is 74.6. The highest BCUT2D eigenvalue weighted by Crippen LogP contribution is 1.83. The summed E-state index contributed by atoms with van der Waals surface area (Å²) in [6.45, 7) is 4.28. The van der Waals surface area contributed by atoms with Gasteiger partial charge >= 0.3 is 0 Å². The lowest BCUT2D eigenvalue weighted by Crippen LogP contribution is -2.13. The zero-order valence-corrected chi connectivity index (χ0v) is 7.02. The Morgan fingerprint density at radius 1 is 1.62 bits per heavy atom. The van der Waals surface area contributed by atoms with Gasteiger partial charge in [-0.3, -0.25) is 0 Å². The van der Waals surface area contributed by atoms with Crippen LogP contribution in [0.25, 0.3) is 0 Å². The van der Waals surface area contributed by atoms with Gasteiger partial charge in [0.25, 0.3) is 0 Å². The van der Waals surface area contributed by atoms with E-state index in [9.17, 15) is 0 Å². The van der Waals surface area contributed by atoms with E-state index in [0.717, 1.165) is 0 Å². The van der Waals surface area contributed by atoms with E-state index in [1.165, 1.54) is 11.7 Å². The van der Waals surface area contributed by atoms with Gasteiger partial charge < -0.3 is 5.32 Å². The molecule has 0 heterocycles. The standard InChI is InChI=1S/C6H14NSi/c1-6(2)4-8-5-7-3/h4,7-8H,5H2,1-3H3. The van der Waals surface area contributed by atoms with Crippen LogP contribution in [0.5, 0.6) is 0 Å². The fraction of sp³-hybridized carbons (Fsp3) is 0.667. The van der Waals surface area contributed by atoms with Crippen LogP contribution in [0, 0.1) is 0 Å². The largest absolute Gasteiger partial charge is 0.323 e. The first kappa shape index (κ1) is 7.92. The monoisotopic (exact) mass is 128 g/mol. The Morgan fingerprint density at radius 2 is 2.25 bits per heavy atom. The van der Waals surface area contributed by atoms with Crippen LogP contribution in [0.15, 0.2) is 11.3 Å². The van der Waals surface area contributed by atoms with Crippen molar-refractivity contribution in [3.63, 3.8) is 0 Å². The minimum absolute atomic E-state index is 0.515. The second-order valence-electron chi connectivity index (χ2n) is 2.04. The van der Waals surface area contributed by atoms with Gasteiger partial charge in [0.2, 0.25) is 0 Å². The van der Waals surface area contributed by atoms with Gasteiger partial charge in [-0.1, -0.05) is 5.57 Å². The summed E-state index contributed by atoms with van der Waals surface area (Å²) >= 11 is 0. The van der Waals surface area contributed by atoms with Crippen LogP contribution in [-0.4, -0.2) is 22.7 Å². The lowest BCUT2D eigenvalue weighted by molar-refractivity contribution is 0.969. The molecule has 0 aromatic heterocycles. The highest BCUT2D eigenvalue weighted by molar-refractivity contribution is 6.42. The van der Waals surface area contributed by atoms with Crippen LogP contribution in [0.2, 0.25) is 0 Å². The highest BCUT2D eigenvalue weighted by atomic mass is 28.2. The fourth-order valence-corrected chi connectivity index (χ4v) is 1.24. The quantitative estimate of drug-likeness (QED) is 0.432. The zero-order valence-electron chi connectivity index (χ0n) is 5.86. The Kier molecular flexibility index (Phi) is 5.01. The number of nitrogens with one attached hydrogen (secondary N) is 1. The first-order chi connectivity index (χ1) is 3.77. The number of hydrogen-bond donors (Lipinski definition) is 1. The summed E-state index contributed by atoms with van der Waals surface area (Å²) in [5.74, 6) is 0. The van der Waals surface area contributed by atoms with Crippen molar-refractivity contribution in [1.82, 2.24) is 5.32 Å². The van der Waals surface area contributed by atoms with E-state index in [0.29, 0.717) is 9.52 Å². The van der Waals surface area contributed by atoms with Gasteiger partial charge in [-0.05, 0) is 27.1 Å². The molecule has 0 aliphatic heterocycles. The Labute approximate surface area is 54.0 Å². The SMILES string of the molecule is CNC[SiH]C=C(C)C. The fourth-order valence-electron chi connectivity index (χ4n) is 0.412. The Balaban J connectivity index is 3.03. The van der Waals surface area contributed by atoms with Crippen molar-refractivity contribution < 1.29 is 0 Å². The third-order valence-electron chi connectivity index (χ3n) is 0.773. The minimum Gasteiger partial charge on any atom is -0.323 e. The third kappa shape index (κ3) is 5.92. The average molecular weight is 128 g/mol. The van der Waals surface area contributed by atoms with Crippen LogP contribution in [0.4, 0.5) is 0 Å². The molecule has 2 heteroatoms. The molecule has 0 fully saturated rings. The van der Waals surface area contributed by atoms with Crippen LogP contribution < -0.4 is 5.32 Å². The van der Waals surface area contributed by atoms with Gasteiger partial charge in [-0.25, -0.2) is 0 Å². The van der Waals surface area contributed by atoms with Gasteiger partial charge in [0.15, 0.2) is 0 Å². The van der Waals surface area contributed by atoms with E-state index in [2.05, 4.69) is 24.9 Å². The van der Waals surface area contributed by atoms with E-state index >= 15 is 0 Å². The van der Waals surface area contributed by atoms with Gasteiger partial charge in [0, 0.05) is 0 Å². The summed E-state index contributed by atoms with van der Waals surface area (Å²) in [6.07, 6.45) is 1.17. The minimum atomic E-state index is 0.515. The molecule has 1 nitrogen and oxygen atoms in total. The Hall–Kier alpha value is -0.0831. The second kappa shape index (κ2) is 5.06. The molecule has 0 saturated heterocycles. The summed E-state index contributed by atoms with van der Waals surface area (Å²) < 4.78 is 0. The topological polar surface area (TPSA) is 12.0 Å². The molecule has 0 bridgehead atoms. The summed E-state index contributed by atoms with van der Waals surface area (Å²) in [5, 5.41) is 3.12. The van der Waals surface area contributed by atoms with Gasteiger partial charge in [0.1, 0.15) is 0 Å². The van der Waals surface area contributed by atoms with Gasteiger partial charge in [-0.2, -0.15) is 0 Å². The van der Waals surface area contributed by atoms with Gasteiger partial charge in [-0.15, -0.1) is 5.70 Å². The lowest BCUT2D eigenvalue weighted by Gasteiger charge is -1.90. The molecular weight excluding hydrogens is 114 g/mol. The predicted octanol–water partition coefficient (Wildman–Crippen LogP) is 0.524. The normalized spacial score (nSPS) is 8.88. The maximum atomic E-state index is 3.12. The molecule has 1 radical (unpaired) electrons. The molecule has 0 unspecified atom stereocenters. The maximum absolute atomic E-state index is 3.12. The molecule has 0 aliphatic rings. The summed E-state index contributed by atoms with van der Waals surface area (Å²) in [7, 11) is 2.51. The molecule has 0 atom stereocenters.